The molecule has 1 N–H and O–H groups in total. The molecule has 0 heterocycles. The second-order valence-electron chi connectivity index (χ2n) is 5.77. The Balaban J connectivity index is 1.98. The van der Waals surface area contributed by atoms with Crippen LogP contribution in [0.4, 0.5) is 0 Å². The van der Waals surface area contributed by atoms with Crippen molar-refractivity contribution in [2.45, 2.75) is 58.0 Å². The summed E-state index contributed by atoms with van der Waals surface area (Å²) >= 11 is 0. The van der Waals surface area contributed by atoms with Crippen LogP contribution in [0.5, 0.6) is 5.75 Å². The molecule has 2 nitrogen and oxygen atoms in total. The Morgan fingerprint density at radius 2 is 2.11 bits per heavy atom. The Labute approximate surface area is 117 Å². The number of benzene rings is 1. The molecule has 19 heavy (non-hydrogen) atoms. The Kier molecular flexibility index (Phi) is 5.26. The molecule has 3 atom stereocenters. The highest BCUT2D eigenvalue weighted by atomic mass is 16.5. The van der Waals surface area contributed by atoms with Crippen molar-refractivity contribution in [2.75, 3.05) is 7.11 Å². The Bertz CT molecular complexity index is 391. The predicted octanol–water partition coefficient (Wildman–Crippen LogP) is 4.31. The van der Waals surface area contributed by atoms with E-state index in [0.717, 1.165) is 11.7 Å². The molecule has 0 aliphatic heterocycles. The lowest BCUT2D eigenvalue weighted by molar-refractivity contribution is 0.264. The first-order valence-electron chi connectivity index (χ1n) is 7.63. The lowest BCUT2D eigenvalue weighted by Gasteiger charge is -2.32. The van der Waals surface area contributed by atoms with E-state index in [0.29, 0.717) is 12.1 Å². The third kappa shape index (κ3) is 3.73. The number of hydrogen-bond donors (Lipinski definition) is 1. The van der Waals surface area contributed by atoms with Crippen LogP contribution in [0.1, 0.15) is 57.6 Å². The van der Waals surface area contributed by atoms with Gasteiger partial charge >= 0.3 is 0 Å². The van der Waals surface area contributed by atoms with Gasteiger partial charge in [0.15, 0.2) is 0 Å². The zero-order valence-electron chi connectivity index (χ0n) is 12.5. The molecular formula is C17H27NO. The number of ether oxygens (including phenoxy) is 1. The summed E-state index contributed by atoms with van der Waals surface area (Å²) in [5.74, 6) is 1.90. The van der Waals surface area contributed by atoms with E-state index in [4.69, 9.17) is 4.74 Å². The van der Waals surface area contributed by atoms with Crippen molar-refractivity contribution in [1.82, 2.24) is 5.32 Å². The number of nitrogens with one attached hydrogen (secondary N) is 1. The Morgan fingerprint density at radius 3 is 2.84 bits per heavy atom. The van der Waals surface area contributed by atoms with Crippen LogP contribution in [0.25, 0.3) is 0 Å². The van der Waals surface area contributed by atoms with E-state index in [-0.39, 0.29) is 0 Å². The van der Waals surface area contributed by atoms with Crippen LogP contribution in [0.15, 0.2) is 24.3 Å². The molecule has 1 aromatic carbocycles. The summed E-state index contributed by atoms with van der Waals surface area (Å²) in [5.41, 5.74) is 1.27. The van der Waals surface area contributed by atoms with Crippen molar-refractivity contribution >= 4 is 0 Å². The molecule has 106 valence electrons. The van der Waals surface area contributed by atoms with Crippen molar-refractivity contribution in [3.8, 4) is 5.75 Å². The lowest BCUT2D eigenvalue weighted by atomic mass is 9.84. The lowest BCUT2D eigenvalue weighted by Crippen LogP contribution is -2.35. The van der Waals surface area contributed by atoms with Crippen molar-refractivity contribution in [3.63, 3.8) is 0 Å². The third-order valence-corrected chi connectivity index (χ3v) is 4.45. The minimum Gasteiger partial charge on any atom is -0.496 e. The molecule has 1 aliphatic carbocycles. The summed E-state index contributed by atoms with van der Waals surface area (Å²) in [6.45, 7) is 4.56. The van der Waals surface area contributed by atoms with Gasteiger partial charge in [0.25, 0.3) is 0 Å². The van der Waals surface area contributed by atoms with E-state index >= 15 is 0 Å². The fourth-order valence-electron chi connectivity index (χ4n) is 3.28. The van der Waals surface area contributed by atoms with Gasteiger partial charge in [0, 0.05) is 17.6 Å². The molecule has 0 saturated heterocycles. The van der Waals surface area contributed by atoms with Gasteiger partial charge in [-0.15, -0.1) is 0 Å². The van der Waals surface area contributed by atoms with Crippen LogP contribution in [0.2, 0.25) is 0 Å². The highest BCUT2D eigenvalue weighted by Gasteiger charge is 2.22. The van der Waals surface area contributed by atoms with Crippen LogP contribution in [-0.4, -0.2) is 13.2 Å². The minimum atomic E-state index is 0.358. The summed E-state index contributed by atoms with van der Waals surface area (Å²) in [4.78, 5) is 0. The van der Waals surface area contributed by atoms with Crippen molar-refractivity contribution < 1.29 is 4.74 Å². The van der Waals surface area contributed by atoms with Gasteiger partial charge in [0.1, 0.15) is 5.75 Å². The van der Waals surface area contributed by atoms with Gasteiger partial charge in [-0.2, -0.15) is 0 Å². The quantitative estimate of drug-likeness (QED) is 0.852. The molecule has 1 fully saturated rings. The van der Waals surface area contributed by atoms with E-state index in [9.17, 15) is 0 Å². The SMILES string of the molecule is CCC1CCCC(N[C@@H](C)c2ccccc2OC)C1. The van der Waals surface area contributed by atoms with E-state index in [2.05, 4.69) is 31.3 Å². The molecule has 1 saturated carbocycles. The summed E-state index contributed by atoms with van der Waals surface area (Å²) in [6, 6.07) is 9.35. The average molecular weight is 261 g/mol. The first-order chi connectivity index (χ1) is 9.24. The van der Waals surface area contributed by atoms with Gasteiger partial charge in [0.05, 0.1) is 7.11 Å². The molecule has 1 aromatic rings. The molecule has 2 unspecified atom stereocenters. The summed E-state index contributed by atoms with van der Waals surface area (Å²) in [5, 5.41) is 3.79. The standard InChI is InChI=1S/C17H27NO/c1-4-14-8-7-9-15(12-14)18-13(2)16-10-5-6-11-17(16)19-3/h5-6,10-11,13-15,18H,4,7-9,12H2,1-3H3/t13-,14?,15?/m0/s1. The van der Waals surface area contributed by atoms with Gasteiger partial charge in [0.2, 0.25) is 0 Å². The van der Waals surface area contributed by atoms with Crippen molar-refractivity contribution in [1.29, 1.82) is 0 Å². The van der Waals surface area contributed by atoms with E-state index < -0.39 is 0 Å². The molecule has 2 heteroatoms. The molecule has 0 amide bonds. The summed E-state index contributed by atoms with van der Waals surface area (Å²) in [6.07, 6.45) is 6.75. The number of methoxy groups -OCH3 is 1. The largest absolute Gasteiger partial charge is 0.496 e. The maximum Gasteiger partial charge on any atom is 0.123 e. The molecular weight excluding hydrogens is 234 g/mol. The fraction of sp³-hybridized carbons (Fsp3) is 0.647. The molecule has 0 radical (unpaired) electrons. The molecule has 0 aromatic heterocycles. The minimum absolute atomic E-state index is 0.358. The molecule has 1 aliphatic rings. The van der Waals surface area contributed by atoms with E-state index in [1.807, 2.05) is 12.1 Å². The van der Waals surface area contributed by atoms with Crippen LogP contribution < -0.4 is 10.1 Å². The maximum absolute atomic E-state index is 5.46. The van der Waals surface area contributed by atoms with Gasteiger partial charge in [-0.05, 0) is 31.7 Å². The second-order valence-corrected chi connectivity index (χ2v) is 5.77. The topological polar surface area (TPSA) is 21.3 Å². The molecule has 2 rings (SSSR count). The van der Waals surface area contributed by atoms with Crippen molar-refractivity contribution in [2.24, 2.45) is 5.92 Å². The van der Waals surface area contributed by atoms with Crippen LogP contribution in [0.3, 0.4) is 0 Å². The van der Waals surface area contributed by atoms with Crippen molar-refractivity contribution in [3.05, 3.63) is 29.8 Å². The van der Waals surface area contributed by atoms with Crippen LogP contribution in [-0.2, 0) is 0 Å². The molecule has 0 bridgehead atoms. The zero-order chi connectivity index (χ0) is 13.7. The molecule has 0 spiro atoms. The summed E-state index contributed by atoms with van der Waals surface area (Å²) in [7, 11) is 1.75. The summed E-state index contributed by atoms with van der Waals surface area (Å²) < 4.78 is 5.46. The predicted molar refractivity (Wildman–Crippen MR) is 80.6 cm³/mol. The maximum atomic E-state index is 5.46. The number of rotatable bonds is 5. The van der Waals surface area contributed by atoms with Gasteiger partial charge in [-0.3, -0.25) is 0 Å². The third-order valence-electron chi connectivity index (χ3n) is 4.45. The second kappa shape index (κ2) is 6.95. The first-order valence-corrected chi connectivity index (χ1v) is 7.63. The fourth-order valence-corrected chi connectivity index (χ4v) is 3.28. The first kappa shape index (κ1) is 14.4. The van der Waals surface area contributed by atoms with E-state index in [1.165, 1.54) is 37.7 Å². The van der Waals surface area contributed by atoms with Crippen LogP contribution in [0, 0.1) is 5.92 Å². The normalized spacial score (nSPS) is 25.0. The Morgan fingerprint density at radius 1 is 1.32 bits per heavy atom. The average Bonchev–Trinajstić information content (AvgIpc) is 2.47. The highest BCUT2D eigenvalue weighted by molar-refractivity contribution is 5.35. The van der Waals surface area contributed by atoms with Gasteiger partial charge in [-0.25, -0.2) is 0 Å². The zero-order valence-corrected chi connectivity index (χ0v) is 12.5. The van der Waals surface area contributed by atoms with Gasteiger partial charge in [-0.1, -0.05) is 44.4 Å². The monoisotopic (exact) mass is 261 g/mol. The van der Waals surface area contributed by atoms with Crippen LogP contribution >= 0.6 is 0 Å². The van der Waals surface area contributed by atoms with Gasteiger partial charge < -0.3 is 10.1 Å². The van der Waals surface area contributed by atoms with E-state index in [1.54, 1.807) is 7.11 Å². The Hall–Kier alpha value is -1.02. The smallest absolute Gasteiger partial charge is 0.123 e. The highest BCUT2D eigenvalue weighted by Crippen LogP contribution is 2.30. The number of para-hydroxylation sites is 1. The number of hydrogen-bond acceptors (Lipinski definition) is 2.